The van der Waals surface area contributed by atoms with Gasteiger partial charge in [-0.1, -0.05) is 48.5 Å². The third-order valence-electron chi connectivity index (χ3n) is 10.3. The largest absolute Gasteiger partial charge is 0.458 e. The van der Waals surface area contributed by atoms with Crippen molar-refractivity contribution in [1.82, 2.24) is 0 Å². The smallest absolute Gasteiger partial charge is 0.404 e. The Labute approximate surface area is 361 Å². The topological polar surface area (TPSA) is 30.2 Å². The second-order valence-electron chi connectivity index (χ2n) is 13.9. The van der Waals surface area contributed by atoms with Crippen molar-refractivity contribution in [3.8, 4) is 0 Å². The van der Waals surface area contributed by atoms with Gasteiger partial charge in [-0.2, -0.15) is 4.57 Å². The molecule has 1 aromatic heterocycles. The number of benzene rings is 6. The minimum atomic E-state index is -7.22. The molecule has 0 bridgehead atoms. The van der Waals surface area contributed by atoms with E-state index in [0.29, 0.717) is 18.8 Å². The predicted octanol–water partition coefficient (Wildman–Crippen LogP) is 9.20. The van der Waals surface area contributed by atoms with E-state index in [9.17, 15) is 57.5 Å². The number of hydrogen-bond acceptors (Lipinski definition) is 2. The first kappa shape index (κ1) is 49.3. The van der Waals surface area contributed by atoms with E-state index in [1.165, 1.54) is 0 Å². The van der Waals surface area contributed by atoms with Gasteiger partial charge in [0.05, 0.1) is 12.0 Å². The highest BCUT2D eigenvalue weighted by atomic mass is 19.2. The molecule has 0 unspecified atom stereocenters. The van der Waals surface area contributed by atoms with Crippen molar-refractivity contribution in [2.75, 3.05) is 6.61 Å². The van der Waals surface area contributed by atoms with E-state index in [2.05, 4.69) is 12.1 Å². The van der Waals surface area contributed by atoms with E-state index >= 15 is 35.1 Å². The highest BCUT2D eigenvalue weighted by molar-refractivity contribution is 7.20. The standard InChI is InChI=1S/C24BF20.C19H18NO2/c26-5-1(6(27)14(35)21(42)13(5)34)25(2-7(28)15(36)22(43)16(37)8(2)29,3-9(30)17(38)23(44)18(39)10(3)31)4-11(32)19(40)24(45)20(41)12(4)33;1-2-22-19(21)18-17-11-7-6-10-16(17)12-13-20(18)14-15-8-4-3-5-9-15/h;3-13H,2,14H2,1H3/q-1;+1. The van der Waals surface area contributed by atoms with Gasteiger partial charge >= 0.3 is 5.97 Å². The molecule has 350 valence electrons. The summed E-state index contributed by atoms with van der Waals surface area (Å²) in [4.78, 5) is 12.4. The van der Waals surface area contributed by atoms with Crippen molar-refractivity contribution >= 4 is 44.7 Å². The summed E-state index contributed by atoms with van der Waals surface area (Å²) >= 11 is 0. The molecule has 0 fully saturated rings. The van der Waals surface area contributed by atoms with E-state index in [4.69, 9.17) is 4.74 Å². The summed E-state index contributed by atoms with van der Waals surface area (Å²) in [7, 11) is 0. The number of rotatable bonds is 8. The van der Waals surface area contributed by atoms with Crippen molar-refractivity contribution in [2.45, 2.75) is 13.5 Å². The van der Waals surface area contributed by atoms with Crippen LogP contribution in [0, 0.1) is 116 Å². The zero-order valence-electron chi connectivity index (χ0n) is 32.7. The number of carbonyl (C=O) groups excluding carboxylic acids is 1. The average Bonchev–Trinajstić information content (AvgIpc) is 3.31. The highest BCUT2D eigenvalue weighted by Gasteiger charge is 2.52. The van der Waals surface area contributed by atoms with E-state index < -0.39 is 144 Å². The minimum Gasteiger partial charge on any atom is -0.458 e. The molecule has 0 radical (unpaired) electrons. The van der Waals surface area contributed by atoms with Crippen LogP contribution in [0.25, 0.3) is 10.8 Å². The van der Waals surface area contributed by atoms with Crippen LogP contribution >= 0.6 is 0 Å². The van der Waals surface area contributed by atoms with Crippen LogP contribution in [0.2, 0.25) is 0 Å². The average molecular weight is 971 g/mol. The molecule has 0 aliphatic rings. The van der Waals surface area contributed by atoms with Gasteiger partial charge in [-0.15, -0.1) is 21.9 Å². The van der Waals surface area contributed by atoms with E-state index in [1.807, 2.05) is 66.2 Å². The van der Waals surface area contributed by atoms with Gasteiger partial charge < -0.3 is 4.74 Å². The molecule has 0 saturated heterocycles. The monoisotopic (exact) mass is 971 g/mol. The number of aromatic nitrogens is 1. The lowest BCUT2D eigenvalue weighted by molar-refractivity contribution is -0.689. The maximum absolute atomic E-state index is 15.4. The van der Waals surface area contributed by atoms with Crippen molar-refractivity contribution < 1.29 is 102 Å². The molecule has 24 heteroatoms. The summed E-state index contributed by atoms with van der Waals surface area (Å²) in [5.74, 6) is -71.7. The van der Waals surface area contributed by atoms with Gasteiger partial charge in [0, 0.05) is 11.6 Å². The molecule has 3 nitrogen and oxygen atoms in total. The molecule has 0 atom stereocenters. The van der Waals surface area contributed by atoms with Gasteiger partial charge in [-0.3, -0.25) is 0 Å². The van der Waals surface area contributed by atoms with Crippen molar-refractivity contribution in [2.24, 2.45) is 0 Å². The molecule has 1 heterocycles. The Morgan fingerprint density at radius 2 is 0.716 bits per heavy atom. The molecule has 0 saturated carbocycles. The molecule has 7 aromatic rings. The predicted molar refractivity (Wildman–Crippen MR) is 195 cm³/mol. The molecular formula is C43H18BF20NO2. The van der Waals surface area contributed by atoms with Crippen molar-refractivity contribution in [3.05, 3.63) is 194 Å². The Balaban J connectivity index is 0.000000279. The molecule has 6 aromatic carbocycles. The van der Waals surface area contributed by atoms with E-state index in [-0.39, 0.29) is 5.97 Å². The Morgan fingerprint density at radius 3 is 1.04 bits per heavy atom. The van der Waals surface area contributed by atoms with Crippen LogP contribution in [0.5, 0.6) is 0 Å². The van der Waals surface area contributed by atoms with Crippen LogP contribution in [-0.4, -0.2) is 18.7 Å². The maximum Gasteiger partial charge on any atom is 0.404 e. The van der Waals surface area contributed by atoms with Crippen LogP contribution in [-0.2, 0) is 11.3 Å². The number of nitrogens with zero attached hydrogens (tertiary/aromatic N) is 1. The Kier molecular flexibility index (Phi) is 13.7. The Morgan fingerprint density at radius 1 is 0.418 bits per heavy atom. The summed E-state index contributed by atoms with van der Waals surface area (Å²) in [6.07, 6.45) is -5.27. The fraction of sp³-hybridized carbons (Fsp3) is 0.0698. The van der Waals surface area contributed by atoms with Gasteiger partial charge in [-0.05, 0) is 18.4 Å². The molecule has 67 heavy (non-hydrogen) atoms. The third-order valence-corrected chi connectivity index (χ3v) is 10.3. The first-order chi connectivity index (χ1) is 31.5. The molecule has 0 amide bonds. The first-order valence-electron chi connectivity index (χ1n) is 18.4. The van der Waals surface area contributed by atoms with Crippen LogP contribution in [0.4, 0.5) is 87.8 Å². The number of hydrogen-bond donors (Lipinski definition) is 0. The summed E-state index contributed by atoms with van der Waals surface area (Å²) in [5.41, 5.74) is -12.6. The molecular weight excluding hydrogens is 953 g/mol. The normalized spacial score (nSPS) is 11.5. The van der Waals surface area contributed by atoms with Crippen LogP contribution < -0.4 is 26.4 Å². The van der Waals surface area contributed by atoms with Gasteiger partial charge in [0.1, 0.15) is 52.7 Å². The molecule has 0 N–H and O–H groups in total. The fourth-order valence-electron chi connectivity index (χ4n) is 7.47. The number of esters is 1. The van der Waals surface area contributed by atoms with Crippen molar-refractivity contribution in [1.29, 1.82) is 0 Å². The summed E-state index contributed by atoms with van der Waals surface area (Å²) in [5, 5.41) is 1.95. The quantitative estimate of drug-likeness (QED) is 0.0380. The highest BCUT2D eigenvalue weighted by Crippen LogP contribution is 2.31. The lowest BCUT2D eigenvalue weighted by Gasteiger charge is -2.44. The zero-order chi connectivity index (χ0) is 49.7. The van der Waals surface area contributed by atoms with Gasteiger partial charge in [0.2, 0.25) is 0 Å². The first-order valence-corrected chi connectivity index (χ1v) is 18.4. The number of ether oxygens (including phenoxy) is 1. The van der Waals surface area contributed by atoms with Crippen molar-refractivity contribution in [3.63, 3.8) is 0 Å². The molecule has 7 rings (SSSR count). The number of pyridine rings is 1. The van der Waals surface area contributed by atoms with E-state index in [0.717, 1.165) is 16.3 Å². The number of carbonyl (C=O) groups is 1. The van der Waals surface area contributed by atoms with Gasteiger partial charge in [-0.25, -0.2) is 92.6 Å². The van der Waals surface area contributed by atoms with Crippen LogP contribution in [0.3, 0.4) is 0 Å². The van der Waals surface area contributed by atoms with Crippen LogP contribution in [0.1, 0.15) is 23.0 Å². The number of fused-ring (bicyclic) bond motifs is 1. The lowest BCUT2D eigenvalue weighted by Crippen LogP contribution is -2.81. The fourth-order valence-corrected chi connectivity index (χ4v) is 7.47. The van der Waals surface area contributed by atoms with Gasteiger partial charge in [0.15, 0.2) is 82.5 Å². The summed E-state index contributed by atoms with van der Waals surface area (Å²) < 4.78 is 301. The second kappa shape index (κ2) is 18.6. The molecule has 0 spiro atoms. The lowest BCUT2D eigenvalue weighted by atomic mass is 9.12. The summed E-state index contributed by atoms with van der Waals surface area (Å²) in [6.45, 7) is 2.83. The Bertz CT molecular complexity index is 2770. The minimum absolute atomic E-state index is 0.282. The molecule has 0 aliphatic carbocycles. The maximum atomic E-state index is 15.4. The van der Waals surface area contributed by atoms with E-state index in [1.54, 1.807) is 0 Å². The zero-order valence-corrected chi connectivity index (χ0v) is 32.7. The second-order valence-corrected chi connectivity index (χ2v) is 13.9. The number of halogens is 20. The van der Waals surface area contributed by atoms with Crippen LogP contribution in [0.15, 0.2) is 66.9 Å². The Hall–Kier alpha value is -7.14. The SMILES string of the molecule is CCOC(=O)c1c2ccccc2cc[n+]1Cc1ccccc1.Fc1c(F)c(F)c([B-](c2c(F)c(F)c(F)c(F)c2F)(c2c(F)c(F)c(F)c(F)c2F)c2c(F)c(F)c(F)c(F)c2F)c(F)c1F. The summed E-state index contributed by atoms with van der Waals surface area (Å²) in [6, 6.07) is 20.0. The molecule has 0 aliphatic heterocycles. The van der Waals surface area contributed by atoms with Gasteiger partial charge in [0.25, 0.3) is 5.69 Å². The third kappa shape index (κ3) is 7.84.